The second kappa shape index (κ2) is 7.87. The number of rotatable bonds is 6. The van der Waals surface area contributed by atoms with E-state index in [0.29, 0.717) is 0 Å². The van der Waals surface area contributed by atoms with Gasteiger partial charge in [0.05, 0.1) is 5.60 Å². The SMILES string of the molecule is CC(C)(O)CNC(=O)/C=C/CC/C=C/I. The molecule has 0 fully saturated rings. The van der Waals surface area contributed by atoms with Gasteiger partial charge >= 0.3 is 0 Å². The van der Waals surface area contributed by atoms with Gasteiger partial charge in [-0.05, 0) is 36.8 Å². The maximum atomic E-state index is 11.2. The van der Waals surface area contributed by atoms with Crippen LogP contribution in [0.1, 0.15) is 26.7 Å². The van der Waals surface area contributed by atoms with Crippen LogP contribution in [0, 0.1) is 0 Å². The summed E-state index contributed by atoms with van der Waals surface area (Å²) in [5.74, 6) is -0.157. The molecule has 0 rings (SSSR count). The lowest BCUT2D eigenvalue weighted by atomic mass is 10.1. The third-order valence-corrected chi connectivity index (χ3v) is 2.06. The van der Waals surface area contributed by atoms with Crippen LogP contribution in [-0.2, 0) is 4.79 Å². The van der Waals surface area contributed by atoms with Gasteiger partial charge in [0.1, 0.15) is 0 Å². The van der Waals surface area contributed by atoms with Gasteiger partial charge in [0, 0.05) is 6.54 Å². The fraction of sp³-hybridized carbons (Fsp3) is 0.545. The van der Waals surface area contributed by atoms with Crippen molar-refractivity contribution in [2.75, 3.05) is 6.54 Å². The fourth-order valence-corrected chi connectivity index (χ4v) is 1.17. The highest BCUT2D eigenvalue weighted by Crippen LogP contribution is 1.98. The summed E-state index contributed by atoms with van der Waals surface area (Å²) >= 11 is 2.16. The van der Waals surface area contributed by atoms with E-state index in [2.05, 4.69) is 27.9 Å². The van der Waals surface area contributed by atoms with E-state index in [1.165, 1.54) is 6.08 Å². The van der Waals surface area contributed by atoms with Crippen molar-refractivity contribution in [3.8, 4) is 0 Å². The molecule has 0 bridgehead atoms. The standard InChI is InChI=1S/C11H18INO2/c1-11(2,15)9-13-10(14)7-5-3-4-6-8-12/h5-8,15H,3-4,9H2,1-2H3,(H,13,14)/b7-5+,8-6+. The number of halogens is 1. The second-order valence-corrected chi connectivity index (χ2v) is 4.59. The van der Waals surface area contributed by atoms with Crippen LogP contribution in [-0.4, -0.2) is 23.2 Å². The van der Waals surface area contributed by atoms with E-state index in [9.17, 15) is 9.90 Å². The summed E-state index contributed by atoms with van der Waals surface area (Å²) < 4.78 is 1.96. The van der Waals surface area contributed by atoms with Crippen molar-refractivity contribution in [3.05, 3.63) is 22.3 Å². The molecular formula is C11H18INO2. The Hall–Kier alpha value is -0.360. The summed E-state index contributed by atoms with van der Waals surface area (Å²) in [5.41, 5.74) is -0.854. The first-order chi connectivity index (χ1) is 6.95. The van der Waals surface area contributed by atoms with E-state index >= 15 is 0 Å². The summed E-state index contributed by atoms with van der Waals surface area (Å²) in [5, 5.41) is 12.0. The number of hydrogen-bond donors (Lipinski definition) is 2. The molecule has 15 heavy (non-hydrogen) atoms. The quantitative estimate of drug-likeness (QED) is 0.447. The molecule has 0 radical (unpaired) electrons. The zero-order valence-corrected chi connectivity index (χ0v) is 11.3. The molecular weight excluding hydrogens is 305 g/mol. The number of hydrogen-bond acceptors (Lipinski definition) is 2. The predicted octanol–water partition coefficient (Wildman–Crippen LogP) is 2.16. The molecule has 0 saturated heterocycles. The van der Waals surface area contributed by atoms with E-state index in [0.717, 1.165) is 12.8 Å². The molecule has 0 aromatic carbocycles. The van der Waals surface area contributed by atoms with E-state index in [-0.39, 0.29) is 12.5 Å². The van der Waals surface area contributed by atoms with Crippen LogP contribution in [0.5, 0.6) is 0 Å². The van der Waals surface area contributed by atoms with E-state index in [4.69, 9.17) is 0 Å². The van der Waals surface area contributed by atoms with Crippen molar-refractivity contribution in [2.45, 2.75) is 32.3 Å². The number of unbranched alkanes of at least 4 members (excludes halogenated alkanes) is 1. The van der Waals surface area contributed by atoms with Crippen molar-refractivity contribution in [3.63, 3.8) is 0 Å². The van der Waals surface area contributed by atoms with Crippen molar-refractivity contribution in [1.82, 2.24) is 5.32 Å². The average Bonchev–Trinajstić information content (AvgIpc) is 2.13. The zero-order chi connectivity index (χ0) is 11.7. The molecule has 0 aromatic heterocycles. The van der Waals surface area contributed by atoms with Gasteiger partial charge in [-0.1, -0.05) is 34.7 Å². The molecule has 0 aliphatic heterocycles. The molecule has 0 atom stereocenters. The Morgan fingerprint density at radius 2 is 2.00 bits per heavy atom. The van der Waals surface area contributed by atoms with E-state index < -0.39 is 5.60 Å². The minimum Gasteiger partial charge on any atom is -0.389 e. The van der Waals surface area contributed by atoms with Gasteiger partial charge in [-0.15, -0.1) is 0 Å². The minimum absolute atomic E-state index is 0.157. The number of allylic oxidation sites excluding steroid dienone is 2. The first kappa shape index (κ1) is 14.6. The topological polar surface area (TPSA) is 49.3 Å². The van der Waals surface area contributed by atoms with Crippen molar-refractivity contribution in [2.24, 2.45) is 0 Å². The Balaban J connectivity index is 3.65. The highest BCUT2D eigenvalue weighted by molar-refractivity contribution is 14.1. The van der Waals surface area contributed by atoms with Crippen molar-refractivity contribution < 1.29 is 9.90 Å². The van der Waals surface area contributed by atoms with Crippen molar-refractivity contribution >= 4 is 28.5 Å². The third kappa shape index (κ3) is 11.6. The van der Waals surface area contributed by atoms with Crippen LogP contribution in [0.2, 0.25) is 0 Å². The summed E-state index contributed by atoms with van der Waals surface area (Å²) in [6.07, 6.45) is 7.18. The summed E-state index contributed by atoms with van der Waals surface area (Å²) in [6.45, 7) is 3.58. The van der Waals surface area contributed by atoms with E-state index in [1.54, 1.807) is 13.8 Å². The van der Waals surface area contributed by atoms with Crippen LogP contribution in [0.25, 0.3) is 0 Å². The number of aliphatic hydroxyl groups is 1. The zero-order valence-electron chi connectivity index (χ0n) is 9.16. The third-order valence-electron chi connectivity index (χ3n) is 1.55. The van der Waals surface area contributed by atoms with Gasteiger partial charge in [0.15, 0.2) is 0 Å². The van der Waals surface area contributed by atoms with E-state index in [1.807, 2.05) is 16.2 Å². The van der Waals surface area contributed by atoms with Crippen LogP contribution >= 0.6 is 22.6 Å². The number of amides is 1. The first-order valence-electron chi connectivity index (χ1n) is 4.87. The van der Waals surface area contributed by atoms with Crippen molar-refractivity contribution in [1.29, 1.82) is 0 Å². The van der Waals surface area contributed by atoms with Crippen LogP contribution in [0.15, 0.2) is 22.3 Å². The molecule has 0 aliphatic rings. The fourth-order valence-electron chi connectivity index (χ4n) is 0.808. The molecule has 3 nitrogen and oxygen atoms in total. The Morgan fingerprint density at radius 1 is 1.40 bits per heavy atom. The summed E-state index contributed by atoms with van der Waals surface area (Å²) in [4.78, 5) is 11.2. The lowest BCUT2D eigenvalue weighted by molar-refractivity contribution is -0.117. The number of carbonyl (C=O) groups is 1. The Labute approximate surface area is 105 Å². The normalized spacial score (nSPS) is 12.5. The lowest BCUT2D eigenvalue weighted by Crippen LogP contribution is -2.37. The molecule has 86 valence electrons. The van der Waals surface area contributed by atoms with Gasteiger partial charge in [-0.3, -0.25) is 4.79 Å². The maximum absolute atomic E-state index is 11.2. The Morgan fingerprint density at radius 3 is 2.53 bits per heavy atom. The largest absolute Gasteiger partial charge is 0.389 e. The lowest BCUT2D eigenvalue weighted by Gasteiger charge is -2.16. The van der Waals surface area contributed by atoms with Crippen LogP contribution < -0.4 is 5.32 Å². The second-order valence-electron chi connectivity index (χ2n) is 3.87. The monoisotopic (exact) mass is 323 g/mol. The Kier molecular flexibility index (Phi) is 7.68. The summed E-state index contributed by atoms with van der Waals surface area (Å²) in [6, 6.07) is 0. The maximum Gasteiger partial charge on any atom is 0.243 e. The molecule has 4 heteroatoms. The van der Waals surface area contributed by atoms with Gasteiger partial charge in [-0.25, -0.2) is 0 Å². The van der Waals surface area contributed by atoms with Gasteiger partial charge in [-0.2, -0.15) is 0 Å². The number of nitrogens with one attached hydrogen (secondary N) is 1. The average molecular weight is 323 g/mol. The molecule has 0 aromatic rings. The molecule has 0 aliphatic carbocycles. The first-order valence-corrected chi connectivity index (χ1v) is 6.12. The molecule has 0 heterocycles. The Bertz CT molecular complexity index is 241. The molecule has 2 N–H and O–H groups in total. The van der Waals surface area contributed by atoms with Crippen LogP contribution in [0.3, 0.4) is 0 Å². The highest BCUT2D eigenvalue weighted by Gasteiger charge is 2.12. The molecule has 0 saturated carbocycles. The molecule has 0 spiro atoms. The smallest absolute Gasteiger partial charge is 0.243 e. The molecule has 0 unspecified atom stereocenters. The highest BCUT2D eigenvalue weighted by atomic mass is 127. The van der Waals surface area contributed by atoms with Crippen LogP contribution in [0.4, 0.5) is 0 Å². The van der Waals surface area contributed by atoms with Gasteiger partial charge < -0.3 is 10.4 Å². The summed E-state index contributed by atoms with van der Waals surface area (Å²) in [7, 11) is 0. The minimum atomic E-state index is -0.854. The predicted molar refractivity (Wildman–Crippen MR) is 70.8 cm³/mol. The number of carbonyl (C=O) groups excluding carboxylic acids is 1. The van der Waals surface area contributed by atoms with Gasteiger partial charge in [0.25, 0.3) is 0 Å². The molecule has 1 amide bonds. The van der Waals surface area contributed by atoms with Gasteiger partial charge in [0.2, 0.25) is 5.91 Å².